The van der Waals surface area contributed by atoms with Gasteiger partial charge in [0.05, 0.1) is 26.4 Å². The van der Waals surface area contributed by atoms with Crippen molar-refractivity contribution in [3.8, 4) is 0 Å². The van der Waals surface area contributed by atoms with Crippen LogP contribution in [0.25, 0.3) is 0 Å². The van der Waals surface area contributed by atoms with Crippen molar-refractivity contribution < 1.29 is 55.9 Å². The van der Waals surface area contributed by atoms with Gasteiger partial charge in [0, 0.05) is 12.8 Å². The lowest BCUT2D eigenvalue weighted by Gasteiger charge is -2.03. The maximum atomic E-state index is 10.3. The lowest BCUT2D eigenvalue weighted by Crippen LogP contribution is -2.15. The second-order valence-corrected chi connectivity index (χ2v) is 14.2. The van der Waals surface area contributed by atoms with Gasteiger partial charge >= 0.3 is 11.9 Å². The maximum absolute atomic E-state index is 10.3. The quantitative estimate of drug-likeness (QED) is 0.0221. The Kier molecular flexibility index (Phi) is 76.3. The molecule has 0 rings (SSSR count). The number of carboxylic acids is 2. The summed E-state index contributed by atoms with van der Waals surface area (Å²) in [6.45, 7) is 9.08. The van der Waals surface area contributed by atoms with Gasteiger partial charge in [-0.3, -0.25) is 9.59 Å². The minimum absolute atomic E-state index is 0. The second kappa shape index (κ2) is 64.3. The monoisotopic (exact) mass is 799 g/mol. The first-order chi connectivity index (χ1) is 26.2. The molecule has 0 aliphatic heterocycles. The predicted octanol–water partition coefficient (Wildman–Crippen LogP) is 9.31. The molecule has 55 heavy (non-hydrogen) atoms. The smallest absolute Gasteiger partial charge is 0.303 e. The van der Waals surface area contributed by atoms with Crippen LogP contribution in [-0.4, -0.2) is 96.9 Å². The Hall–Kier alpha value is -1.60. The van der Waals surface area contributed by atoms with Crippen molar-refractivity contribution in [2.75, 3.05) is 26.4 Å². The molecule has 0 saturated heterocycles. The van der Waals surface area contributed by atoms with Gasteiger partial charge in [-0.15, -0.1) is 13.2 Å². The normalized spacial score (nSPS) is 10.1. The number of hydrogen-bond donors (Lipinski definition) is 8. The number of aliphatic hydroxyl groups excluding tert-OH is 6. The molecule has 0 bridgehead atoms. The van der Waals surface area contributed by atoms with Gasteiger partial charge < -0.3 is 46.3 Å². The molecule has 336 valence electrons. The van der Waals surface area contributed by atoms with Gasteiger partial charge in [-0.25, -0.2) is 0 Å². The van der Waals surface area contributed by atoms with E-state index in [1.807, 2.05) is 0 Å². The van der Waals surface area contributed by atoms with Crippen molar-refractivity contribution in [2.45, 2.75) is 232 Å². The summed E-state index contributed by atoms with van der Waals surface area (Å²) < 4.78 is 0. The number of aliphatic carboxylic acids is 2. The highest BCUT2D eigenvalue weighted by atomic mass is 16.4. The highest BCUT2D eigenvalue weighted by molar-refractivity contribution is 5.66. The molecule has 11 heteroatoms. The van der Waals surface area contributed by atoms with Gasteiger partial charge in [0.25, 0.3) is 0 Å². The van der Waals surface area contributed by atoms with E-state index < -0.39 is 24.1 Å². The molecular formula is C44H94O11. The third-order valence-corrected chi connectivity index (χ3v) is 8.83. The van der Waals surface area contributed by atoms with Gasteiger partial charge in [0.1, 0.15) is 12.2 Å². The molecule has 0 unspecified atom stereocenters. The Bertz CT molecular complexity index is 606. The van der Waals surface area contributed by atoms with E-state index in [9.17, 15) is 9.59 Å². The SMILES string of the molecule is C=C.CCCCCCCCCCCCCCCCCC(=O)O.CCCCCCCCCCCCCCCCCC(=O)O.O.OCC(O)CO.OCC(O)CO. The number of rotatable bonds is 36. The van der Waals surface area contributed by atoms with Crippen LogP contribution >= 0.6 is 0 Å². The van der Waals surface area contributed by atoms with Crippen LogP contribution in [-0.2, 0) is 9.59 Å². The van der Waals surface area contributed by atoms with Crippen molar-refractivity contribution >= 4 is 11.9 Å². The molecule has 0 aliphatic carbocycles. The Morgan fingerprint density at radius 3 is 0.618 bits per heavy atom. The average Bonchev–Trinajstić information content (AvgIpc) is 3.18. The average molecular weight is 799 g/mol. The first-order valence-corrected chi connectivity index (χ1v) is 21.9. The lowest BCUT2D eigenvalue weighted by molar-refractivity contribution is -0.138. The molecule has 0 radical (unpaired) electrons. The Balaban J connectivity index is -0.000000160. The van der Waals surface area contributed by atoms with Gasteiger partial charge in [-0.05, 0) is 12.8 Å². The number of aliphatic hydroxyl groups is 6. The first kappa shape index (κ1) is 65.3. The third kappa shape index (κ3) is 81.6. The minimum atomic E-state index is -0.954. The zero-order valence-corrected chi connectivity index (χ0v) is 35.9. The van der Waals surface area contributed by atoms with E-state index >= 15 is 0 Å². The van der Waals surface area contributed by atoms with Crippen molar-refractivity contribution in [3.05, 3.63) is 13.2 Å². The molecule has 0 aliphatic rings. The van der Waals surface area contributed by atoms with E-state index in [-0.39, 0.29) is 31.9 Å². The van der Waals surface area contributed by atoms with E-state index in [0.29, 0.717) is 12.8 Å². The van der Waals surface area contributed by atoms with Crippen molar-refractivity contribution in [2.24, 2.45) is 0 Å². The van der Waals surface area contributed by atoms with E-state index in [1.54, 1.807) is 0 Å². The van der Waals surface area contributed by atoms with Crippen LogP contribution in [0.3, 0.4) is 0 Å². The third-order valence-electron chi connectivity index (χ3n) is 8.83. The summed E-state index contributed by atoms with van der Waals surface area (Å²) in [6.07, 6.45) is 38.5. The number of hydrogen-bond acceptors (Lipinski definition) is 8. The van der Waals surface area contributed by atoms with Gasteiger partial charge in [0.15, 0.2) is 0 Å². The summed E-state index contributed by atoms with van der Waals surface area (Å²) in [5.74, 6) is -1.31. The van der Waals surface area contributed by atoms with Gasteiger partial charge in [-0.1, -0.05) is 194 Å². The van der Waals surface area contributed by atoms with Crippen LogP contribution in [0.15, 0.2) is 13.2 Å². The summed E-state index contributed by atoms with van der Waals surface area (Å²) in [7, 11) is 0. The predicted molar refractivity (Wildman–Crippen MR) is 230 cm³/mol. The van der Waals surface area contributed by atoms with Crippen LogP contribution < -0.4 is 0 Å². The summed E-state index contributed by atoms with van der Waals surface area (Å²) >= 11 is 0. The fourth-order valence-corrected chi connectivity index (χ4v) is 5.41. The number of carboxylic acid groups (broad SMARTS) is 2. The molecule has 0 aromatic heterocycles. The van der Waals surface area contributed by atoms with Crippen molar-refractivity contribution in [3.63, 3.8) is 0 Å². The van der Waals surface area contributed by atoms with Crippen LogP contribution in [0.2, 0.25) is 0 Å². The summed E-state index contributed by atoms with van der Waals surface area (Å²) in [5.41, 5.74) is 0. The molecule has 10 N–H and O–H groups in total. The summed E-state index contributed by atoms with van der Waals surface area (Å²) in [4.78, 5) is 20.7. The van der Waals surface area contributed by atoms with Crippen molar-refractivity contribution in [1.82, 2.24) is 0 Å². The molecule has 0 atom stereocenters. The molecule has 0 aromatic rings. The second-order valence-electron chi connectivity index (χ2n) is 14.2. The Morgan fingerprint density at radius 2 is 0.509 bits per heavy atom. The van der Waals surface area contributed by atoms with E-state index in [1.165, 1.54) is 167 Å². The molecule has 0 spiro atoms. The van der Waals surface area contributed by atoms with Crippen LogP contribution in [0.5, 0.6) is 0 Å². The van der Waals surface area contributed by atoms with Crippen molar-refractivity contribution in [1.29, 1.82) is 0 Å². The van der Waals surface area contributed by atoms with Gasteiger partial charge in [-0.2, -0.15) is 0 Å². The zero-order valence-electron chi connectivity index (χ0n) is 35.9. The van der Waals surface area contributed by atoms with E-state index in [4.69, 9.17) is 40.9 Å². The highest BCUT2D eigenvalue weighted by Gasteiger charge is 1.99. The van der Waals surface area contributed by atoms with E-state index in [2.05, 4.69) is 27.0 Å². The minimum Gasteiger partial charge on any atom is -0.481 e. The first-order valence-electron chi connectivity index (χ1n) is 21.9. The number of unbranched alkanes of at least 4 members (excludes halogenated alkanes) is 28. The fraction of sp³-hybridized carbons (Fsp3) is 0.909. The molecular weight excluding hydrogens is 704 g/mol. The molecule has 0 aromatic carbocycles. The van der Waals surface area contributed by atoms with Crippen LogP contribution in [0.4, 0.5) is 0 Å². The molecule has 11 nitrogen and oxygen atoms in total. The van der Waals surface area contributed by atoms with Crippen LogP contribution in [0.1, 0.15) is 219 Å². The summed E-state index contributed by atoms with van der Waals surface area (Å²) in [5, 5.41) is 65.1. The van der Waals surface area contributed by atoms with Crippen LogP contribution in [0, 0.1) is 0 Å². The molecule has 0 amide bonds. The Labute approximate surface area is 338 Å². The molecule has 0 heterocycles. The lowest BCUT2D eigenvalue weighted by atomic mass is 10.0. The molecule has 0 saturated carbocycles. The topological polar surface area (TPSA) is 227 Å². The standard InChI is InChI=1S/2C18H36O2.2C3H8O3.C2H4.H2O/c2*1-2-3-4-5-6-7-8-9-10-11-12-13-14-15-16-17-18(19)20;2*4-1-3(6)2-5;1-2;/h2*2-17H2,1H3,(H,19,20);2*3-6H,1-2H2;1-2H2;1H2. The van der Waals surface area contributed by atoms with E-state index in [0.717, 1.165) is 25.7 Å². The number of carbonyl (C=O) groups is 2. The summed E-state index contributed by atoms with van der Waals surface area (Å²) in [6, 6.07) is 0. The molecule has 0 fully saturated rings. The largest absolute Gasteiger partial charge is 0.481 e. The Morgan fingerprint density at radius 1 is 0.364 bits per heavy atom. The zero-order chi connectivity index (χ0) is 41.8. The van der Waals surface area contributed by atoms with Gasteiger partial charge in [0.2, 0.25) is 0 Å². The fourth-order valence-electron chi connectivity index (χ4n) is 5.41. The maximum Gasteiger partial charge on any atom is 0.303 e. The highest BCUT2D eigenvalue weighted by Crippen LogP contribution is 2.15.